The van der Waals surface area contributed by atoms with Crippen LogP contribution in [0.5, 0.6) is 5.75 Å². The lowest BCUT2D eigenvalue weighted by atomic mass is 9.87. The molecule has 5 rings (SSSR count). The number of carbonyl (C=O) groups excluding carboxylic acids is 2. The van der Waals surface area contributed by atoms with Crippen molar-refractivity contribution in [2.45, 2.75) is 76.6 Å². The standard InChI is InChI=1S/C27H28BrN3O3/c1-2-22-20-12-13-24(34-16-18-10-8-17(15-29)9-11-18)25(28)21(20)14-23-26(32)30(27(33)31(22)23)19-6-4-3-5-7-19/h8-13,19,22-23H,2-7,14,16H2,1H3/t22-,23+/m1/s1. The second-order valence-corrected chi connectivity index (χ2v) is 10.2. The van der Waals surface area contributed by atoms with Gasteiger partial charge < -0.3 is 9.64 Å². The summed E-state index contributed by atoms with van der Waals surface area (Å²) in [7, 11) is 0. The summed E-state index contributed by atoms with van der Waals surface area (Å²) in [5, 5.41) is 8.98. The molecule has 2 heterocycles. The van der Waals surface area contributed by atoms with Crippen LogP contribution in [0.4, 0.5) is 4.79 Å². The second kappa shape index (κ2) is 9.42. The highest BCUT2D eigenvalue weighted by molar-refractivity contribution is 9.10. The average molecular weight is 522 g/mol. The van der Waals surface area contributed by atoms with Gasteiger partial charge in [0.15, 0.2) is 0 Å². The van der Waals surface area contributed by atoms with Gasteiger partial charge in [-0.15, -0.1) is 0 Å². The maximum Gasteiger partial charge on any atom is 0.328 e. The molecule has 34 heavy (non-hydrogen) atoms. The highest BCUT2D eigenvalue weighted by Gasteiger charge is 2.53. The molecule has 0 N–H and O–H groups in total. The van der Waals surface area contributed by atoms with E-state index in [1.165, 1.54) is 6.42 Å². The first-order valence-corrected chi connectivity index (χ1v) is 12.9. The number of halogens is 1. The second-order valence-electron chi connectivity index (χ2n) is 9.38. The highest BCUT2D eigenvalue weighted by Crippen LogP contribution is 2.45. The topological polar surface area (TPSA) is 73.6 Å². The minimum Gasteiger partial charge on any atom is -0.488 e. The number of urea groups is 1. The van der Waals surface area contributed by atoms with Gasteiger partial charge in [0, 0.05) is 12.5 Å². The lowest BCUT2D eigenvalue weighted by molar-refractivity contribution is -0.130. The Hall–Kier alpha value is -2.85. The van der Waals surface area contributed by atoms with Crippen LogP contribution in [-0.4, -0.2) is 33.8 Å². The molecule has 3 amide bonds. The molecular formula is C27H28BrN3O3. The molecule has 3 aliphatic rings. The zero-order valence-corrected chi connectivity index (χ0v) is 20.9. The maximum absolute atomic E-state index is 13.5. The predicted octanol–water partition coefficient (Wildman–Crippen LogP) is 5.87. The molecule has 1 saturated heterocycles. The number of amides is 3. The van der Waals surface area contributed by atoms with E-state index in [1.54, 1.807) is 17.0 Å². The van der Waals surface area contributed by atoms with Crippen molar-refractivity contribution in [1.82, 2.24) is 9.80 Å². The van der Waals surface area contributed by atoms with Crippen LogP contribution in [0, 0.1) is 11.3 Å². The third kappa shape index (κ3) is 3.88. The van der Waals surface area contributed by atoms with Gasteiger partial charge in [0.05, 0.1) is 22.1 Å². The van der Waals surface area contributed by atoms with Gasteiger partial charge in [-0.05, 0) is 70.1 Å². The summed E-state index contributed by atoms with van der Waals surface area (Å²) >= 11 is 3.75. The monoisotopic (exact) mass is 521 g/mol. The van der Waals surface area contributed by atoms with Gasteiger partial charge in [-0.3, -0.25) is 9.69 Å². The third-order valence-electron chi connectivity index (χ3n) is 7.43. The number of hydrogen-bond acceptors (Lipinski definition) is 4. The van der Waals surface area contributed by atoms with Crippen molar-refractivity contribution in [3.63, 3.8) is 0 Å². The van der Waals surface area contributed by atoms with E-state index in [1.807, 2.05) is 29.2 Å². The molecule has 2 aliphatic heterocycles. The molecule has 2 aromatic rings. The first-order valence-electron chi connectivity index (χ1n) is 12.1. The van der Waals surface area contributed by atoms with E-state index in [2.05, 4.69) is 28.9 Å². The van der Waals surface area contributed by atoms with E-state index in [-0.39, 0.29) is 24.0 Å². The molecule has 1 aliphatic carbocycles. The van der Waals surface area contributed by atoms with Crippen molar-refractivity contribution in [2.75, 3.05) is 0 Å². The Morgan fingerprint density at radius 1 is 1.09 bits per heavy atom. The summed E-state index contributed by atoms with van der Waals surface area (Å²) < 4.78 is 6.96. The maximum atomic E-state index is 13.5. The number of hydrogen-bond donors (Lipinski definition) is 0. The molecule has 0 unspecified atom stereocenters. The van der Waals surface area contributed by atoms with Crippen molar-refractivity contribution in [2.24, 2.45) is 0 Å². The minimum absolute atomic E-state index is 0.0368. The number of fused-ring (bicyclic) bond motifs is 2. The summed E-state index contributed by atoms with van der Waals surface area (Å²) in [6, 6.07) is 12.8. The summed E-state index contributed by atoms with van der Waals surface area (Å²) in [4.78, 5) is 30.3. The molecular weight excluding hydrogens is 494 g/mol. The number of imide groups is 1. The first-order chi connectivity index (χ1) is 16.5. The van der Waals surface area contributed by atoms with Crippen LogP contribution in [0.2, 0.25) is 0 Å². The molecule has 1 saturated carbocycles. The number of ether oxygens (including phenoxy) is 1. The molecule has 2 aromatic carbocycles. The van der Waals surface area contributed by atoms with Gasteiger partial charge in [0.2, 0.25) is 0 Å². The van der Waals surface area contributed by atoms with Gasteiger partial charge in [-0.1, -0.05) is 44.4 Å². The van der Waals surface area contributed by atoms with Crippen LogP contribution in [-0.2, 0) is 17.8 Å². The summed E-state index contributed by atoms with van der Waals surface area (Å²) in [6.07, 6.45) is 6.41. The molecule has 0 bridgehead atoms. The van der Waals surface area contributed by atoms with Crippen molar-refractivity contribution in [3.05, 3.63) is 63.1 Å². The fourth-order valence-electron chi connectivity index (χ4n) is 5.69. The molecule has 0 spiro atoms. The Balaban J connectivity index is 1.40. The van der Waals surface area contributed by atoms with Gasteiger partial charge in [-0.25, -0.2) is 4.79 Å². The van der Waals surface area contributed by atoms with E-state index in [4.69, 9.17) is 10.00 Å². The Morgan fingerprint density at radius 3 is 2.50 bits per heavy atom. The molecule has 0 aromatic heterocycles. The molecule has 6 nitrogen and oxygen atoms in total. The minimum atomic E-state index is -0.447. The van der Waals surface area contributed by atoms with E-state index in [0.29, 0.717) is 24.3 Å². The van der Waals surface area contributed by atoms with E-state index >= 15 is 0 Å². The van der Waals surface area contributed by atoms with Crippen LogP contribution >= 0.6 is 15.9 Å². The van der Waals surface area contributed by atoms with Crippen molar-refractivity contribution < 1.29 is 14.3 Å². The zero-order chi connectivity index (χ0) is 23.8. The number of benzene rings is 2. The van der Waals surface area contributed by atoms with Gasteiger partial charge in [0.25, 0.3) is 5.91 Å². The summed E-state index contributed by atoms with van der Waals surface area (Å²) in [6.45, 7) is 2.45. The van der Waals surface area contributed by atoms with Gasteiger partial charge in [-0.2, -0.15) is 5.26 Å². The summed E-state index contributed by atoms with van der Waals surface area (Å²) in [5.41, 5.74) is 3.73. The van der Waals surface area contributed by atoms with E-state index in [9.17, 15) is 9.59 Å². The van der Waals surface area contributed by atoms with E-state index < -0.39 is 6.04 Å². The lowest BCUT2D eigenvalue weighted by Crippen LogP contribution is -2.44. The Morgan fingerprint density at radius 2 is 1.82 bits per heavy atom. The van der Waals surface area contributed by atoms with E-state index in [0.717, 1.165) is 53.3 Å². The van der Waals surface area contributed by atoms with Crippen LogP contribution < -0.4 is 4.74 Å². The quantitative estimate of drug-likeness (QED) is 0.461. The average Bonchev–Trinajstić information content (AvgIpc) is 3.12. The molecule has 2 atom stereocenters. The molecule has 7 heteroatoms. The molecule has 0 radical (unpaired) electrons. The number of nitriles is 1. The van der Waals surface area contributed by atoms with Crippen molar-refractivity contribution in [3.8, 4) is 11.8 Å². The number of rotatable bonds is 5. The van der Waals surface area contributed by atoms with Gasteiger partial charge in [0.1, 0.15) is 18.4 Å². The SMILES string of the molecule is CC[C@@H]1c2ccc(OCc3ccc(C#N)cc3)c(Br)c2C[C@H]2C(=O)N(C3CCCCC3)C(=O)N12. The predicted molar refractivity (Wildman–Crippen MR) is 131 cm³/mol. The van der Waals surface area contributed by atoms with Crippen LogP contribution in [0.1, 0.15) is 73.7 Å². The van der Waals surface area contributed by atoms with Crippen LogP contribution in [0.15, 0.2) is 40.9 Å². The van der Waals surface area contributed by atoms with Crippen LogP contribution in [0.25, 0.3) is 0 Å². The summed E-state index contributed by atoms with van der Waals surface area (Å²) in [5.74, 6) is 0.670. The first kappa shape index (κ1) is 22.9. The smallest absolute Gasteiger partial charge is 0.328 e. The zero-order valence-electron chi connectivity index (χ0n) is 19.3. The molecule has 2 fully saturated rings. The fourth-order valence-corrected chi connectivity index (χ4v) is 6.32. The van der Waals surface area contributed by atoms with Crippen LogP contribution in [0.3, 0.4) is 0 Å². The fraction of sp³-hybridized carbons (Fsp3) is 0.444. The van der Waals surface area contributed by atoms with Gasteiger partial charge >= 0.3 is 6.03 Å². The van der Waals surface area contributed by atoms with Crippen molar-refractivity contribution >= 4 is 27.9 Å². The Labute approximate surface area is 208 Å². The number of nitrogens with zero attached hydrogens (tertiary/aromatic N) is 3. The normalized spacial score (nSPS) is 22.4. The Kier molecular flexibility index (Phi) is 6.35. The largest absolute Gasteiger partial charge is 0.488 e. The highest BCUT2D eigenvalue weighted by atomic mass is 79.9. The third-order valence-corrected chi connectivity index (χ3v) is 8.29. The Bertz CT molecular complexity index is 1150. The lowest BCUT2D eigenvalue weighted by Gasteiger charge is -2.37. The number of carbonyl (C=O) groups is 2. The molecule has 176 valence electrons. The van der Waals surface area contributed by atoms with Crippen molar-refractivity contribution in [1.29, 1.82) is 5.26 Å².